The highest BCUT2D eigenvalue weighted by Crippen LogP contribution is 2.40. The quantitative estimate of drug-likeness (QED) is 0.172. The lowest BCUT2D eigenvalue weighted by atomic mass is 9.97. The van der Waals surface area contributed by atoms with E-state index in [4.69, 9.17) is 0 Å². The van der Waals surface area contributed by atoms with Gasteiger partial charge in [0.1, 0.15) is 0 Å². The number of fused-ring (bicyclic) bond motifs is 6. The Hall–Kier alpha value is -6.64. The topological polar surface area (TPSA) is 8.17 Å². The third kappa shape index (κ3) is 5.11. The van der Waals surface area contributed by atoms with E-state index in [2.05, 4.69) is 204 Å². The Kier molecular flexibility index (Phi) is 7.32. The Morgan fingerprint density at radius 2 is 1.10 bits per heavy atom. The molecule has 10 rings (SSSR count). The third-order valence-corrected chi connectivity index (χ3v) is 10.6. The lowest BCUT2D eigenvalue weighted by Crippen LogP contribution is -2.16. The van der Waals surface area contributed by atoms with Crippen molar-refractivity contribution in [3.63, 3.8) is 0 Å². The zero-order valence-corrected chi connectivity index (χ0v) is 28.8. The minimum atomic E-state index is 1.04. The van der Waals surface area contributed by atoms with E-state index in [0.29, 0.717) is 0 Å². The van der Waals surface area contributed by atoms with Gasteiger partial charge in [0, 0.05) is 33.5 Å². The van der Waals surface area contributed by atoms with Crippen LogP contribution in [0.2, 0.25) is 0 Å². The molecule has 1 aromatic heterocycles. The van der Waals surface area contributed by atoms with E-state index in [9.17, 15) is 0 Å². The van der Waals surface area contributed by atoms with Gasteiger partial charge in [0.25, 0.3) is 0 Å². The van der Waals surface area contributed by atoms with Gasteiger partial charge in [-0.05, 0) is 117 Å². The van der Waals surface area contributed by atoms with Crippen LogP contribution in [0.5, 0.6) is 0 Å². The molecular weight excluding hydrogens is 629 g/mol. The summed E-state index contributed by atoms with van der Waals surface area (Å²) >= 11 is 0. The molecule has 9 aromatic rings. The molecule has 0 fully saturated rings. The van der Waals surface area contributed by atoms with Gasteiger partial charge < -0.3 is 9.47 Å². The van der Waals surface area contributed by atoms with E-state index in [1.807, 2.05) is 0 Å². The van der Waals surface area contributed by atoms with E-state index in [1.54, 1.807) is 0 Å². The number of hydrogen-bond acceptors (Lipinski definition) is 1. The molecule has 0 radical (unpaired) electrons. The average Bonchev–Trinajstić information content (AvgIpc) is 3.57. The summed E-state index contributed by atoms with van der Waals surface area (Å²) in [5.74, 6) is 0. The van der Waals surface area contributed by atoms with Crippen LogP contribution in [0.25, 0.3) is 71.3 Å². The van der Waals surface area contributed by atoms with Crippen LogP contribution < -0.4 is 4.90 Å². The second-order valence-corrected chi connectivity index (χ2v) is 13.6. The minimum absolute atomic E-state index is 1.04. The van der Waals surface area contributed by atoms with Gasteiger partial charge in [-0.15, -0.1) is 0 Å². The lowest BCUT2D eigenvalue weighted by molar-refractivity contribution is 0.997. The first kappa shape index (κ1) is 30.2. The zero-order valence-electron chi connectivity index (χ0n) is 28.8. The van der Waals surface area contributed by atoms with Gasteiger partial charge in [-0.3, -0.25) is 0 Å². The molecular formula is C50H36N2. The van der Waals surface area contributed by atoms with Crippen molar-refractivity contribution >= 4 is 54.7 Å². The summed E-state index contributed by atoms with van der Waals surface area (Å²) in [5.41, 5.74) is 12.0. The average molecular weight is 665 g/mol. The van der Waals surface area contributed by atoms with Crippen LogP contribution in [0.3, 0.4) is 0 Å². The Morgan fingerprint density at radius 3 is 1.88 bits per heavy atom. The van der Waals surface area contributed by atoms with E-state index >= 15 is 0 Å². The van der Waals surface area contributed by atoms with Crippen LogP contribution in [-0.2, 0) is 0 Å². The van der Waals surface area contributed by atoms with Crippen molar-refractivity contribution in [2.24, 2.45) is 0 Å². The molecule has 0 atom stereocenters. The Bertz CT molecular complexity index is 2810. The number of para-hydroxylation sites is 2. The number of anilines is 2. The Morgan fingerprint density at radius 1 is 0.442 bits per heavy atom. The van der Waals surface area contributed by atoms with E-state index in [-0.39, 0.29) is 0 Å². The normalized spacial score (nSPS) is 12.9. The molecule has 0 saturated heterocycles. The number of hydrogen-bond donors (Lipinski definition) is 0. The lowest BCUT2D eigenvalue weighted by Gasteiger charge is -2.28. The standard InChI is InChI=1S/C50H36N2/c1-3-14-40(15-4-1)51(43-31-26-37(27-32-43)45-20-11-13-36-12-7-8-18-44(36)45)42-29-24-35(25-30-42)39-23-22-38-28-33-49-50(47(38)34-39)46-19-9-10-21-48(46)52(49)41-16-5-2-6-17-41/h2-3,5-34H,1,4H2. The molecule has 0 saturated carbocycles. The molecule has 0 amide bonds. The number of allylic oxidation sites excluding steroid dienone is 3. The predicted octanol–water partition coefficient (Wildman–Crippen LogP) is 13.8. The molecule has 0 bridgehead atoms. The summed E-state index contributed by atoms with van der Waals surface area (Å²) in [6.45, 7) is 0. The van der Waals surface area contributed by atoms with Crippen LogP contribution >= 0.6 is 0 Å². The van der Waals surface area contributed by atoms with Crippen LogP contribution in [-0.4, -0.2) is 4.57 Å². The van der Waals surface area contributed by atoms with Crippen LogP contribution in [0, 0.1) is 0 Å². The molecule has 52 heavy (non-hydrogen) atoms. The summed E-state index contributed by atoms with van der Waals surface area (Å²) in [6.07, 6.45) is 9.02. The molecule has 2 heteroatoms. The Labute approximate surface area is 303 Å². The highest BCUT2D eigenvalue weighted by molar-refractivity contribution is 6.21. The van der Waals surface area contributed by atoms with Gasteiger partial charge in [-0.2, -0.15) is 0 Å². The van der Waals surface area contributed by atoms with Crippen molar-refractivity contribution in [3.8, 4) is 27.9 Å². The molecule has 246 valence electrons. The van der Waals surface area contributed by atoms with Gasteiger partial charge in [0.2, 0.25) is 0 Å². The van der Waals surface area contributed by atoms with Gasteiger partial charge in [0.05, 0.1) is 11.0 Å². The molecule has 0 unspecified atom stereocenters. The van der Waals surface area contributed by atoms with Crippen LogP contribution in [0.4, 0.5) is 11.4 Å². The maximum Gasteiger partial charge on any atom is 0.0547 e. The first-order valence-corrected chi connectivity index (χ1v) is 18.2. The minimum Gasteiger partial charge on any atom is -0.311 e. The third-order valence-electron chi connectivity index (χ3n) is 10.6. The van der Waals surface area contributed by atoms with Crippen molar-refractivity contribution in [3.05, 3.63) is 200 Å². The summed E-state index contributed by atoms with van der Waals surface area (Å²) in [7, 11) is 0. The number of benzene rings is 8. The highest BCUT2D eigenvalue weighted by atomic mass is 15.1. The molecule has 0 aliphatic heterocycles. The summed E-state index contributed by atoms with van der Waals surface area (Å²) < 4.78 is 2.39. The monoisotopic (exact) mass is 664 g/mol. The smallest absolute Gasteiger partial charge is 0.0547 e. The highest BCUT2D eigenvalue weighted by Gasteiger charge is 2.17. The van der Waals surface area contributed by atoms with E-state index in [0.717, 1.165) is 24.2 Å². The van der Waals surface area contributed by atoms with E-state index < -0.39 is 0 Å². The van der Waals surface area contributed by atoms with Gasteiger partial charge >= 0.3 is 0 Å². The SMILES string of the molecule is C1=CC(N(c2ccc(-c3ccc4ccc5c(c4c3)c3ccccc3n5-c3ccccc3)cc2)c2ccc(-c3cccc4ccccc34)cc2)=CCC1. The molecule has 1 aliphatic carbocycles. The van der Waals surface area contributed by atoms with Gasteiger partial charge in [0.15, 0.2) is 0 Å². The van der Waals surface area contributed by atoms with Crippen molar-refractivity contribution in [2.45, 2.75) is 12.8 Å². The number of nitrogens with zero attached hydrogens (tertiary/aromatic N) is 2. The van der Waals surface area contributed by atoms with Crippen molar-refractivity contribution in [2.75, 3.05) is 4.90 Å². The second kappa shape index (κ2) is 12.6. The van der Waals surface area contributed by atoms with Gasteiger partial charge in [-0.25, -0.2) is 0 Å². The first-order chi connectivity index (χ1) is 25.8. The zero-order chi connectivity index (χ0) is 34.4. The summed E-state index contributed by atoms with van der Waals surface area (Å²) in [6, 6.07) is 64.2. The van der Waals surface area contributed by atoms with Crippen LogP contribution in [0.15, 0.2) is 200 Å². The molecule has 8 aromatic carbocycles. The van der Waals surface area contributed by atoms with Crippen molar-refractivity contribution in [1.82, 2.24) is 4.57 Å². The fourth-order valence-corrected chi connectivity index (χ4v) is 8.10. The molecule has 0 N–H and O–H groups in total. The molecule has 0 spiro atoms. The van der Waals surface area contributed by atoms with Gasteiger partial charge in [-0.1, -0.05) is 133 Å². The first-order valence-electron chi connectivity index (χ1n) is 18.2. The molecule has 1 heterocycles. The maximum absolute atomic E-state index is 2.39. The largest absolute Gasteiger partial charge is 0.311 e. The number of rotatable bonds is 6. The second-order valence-electron chi connectivity index (χ2n) is 13.6. The van der Waals surface area contributed by atoms with E-state index in [1.165, 1.54) is 77.0 Å². The van der Waals surface area contributed by atoms with Crippen LogP contribution in [0.1, 0.15) is 12.8 Å². The molecule has 1 aliphatic rings. The fourth-order valence-electron chi connectivity index (χ4n) is 8.10. The predicted molar refractivity (Wildman–Crippen MR) is 222 cm³/mol. The number of aromatic nitrogens is 1. The molecule has 2 nitrogen and oxygen atoms in total. The van der Waals surface area contributed by atoms with Crippen molar-refractivity contribution < 1.29 is 0 Å². The summed E-state index contributed by atoms with van der Waals surface area (Å²) in [4.78, 5) is 2.38. The maximum atomic E-state index is 2.39. The Balaban J connectivity index is 1.04. The van der Waals surface area contributed by atoms with Crippen molar-refractivity contribution in [1.29, 1.82) is 0 Å². The fraction of sp³-hybridized carbons (Fsp3) is 0.0400. The summed E-state index contributed by atoms with van der Waals surface area (Å²) in [5, 5.41) is 7.63.